The van der Waals surface area contributed by atoms with Crippen LogP contribution in [0.2, 0.25) is 0 Å². The van der Waals surface area contributed by atoms with E-state index < -0.39 is 0 Å². The van der Waals surface area contributed by atoms with Gasteiger partial charge in [-0.15, -0.1) is 0 Å². The van der Waals surface area contributed by atoms with Crippen LogP contribution in [0.3, 0.4) is 0 Å². The topological polar surface area (TPSA) is 106 Å². The predicted octanol–water partition coefficient (Wildman–Crippen LogP) is 2.74. The van der Waals surface area contributed by atoms with Gasteiger partial charge in [-0.2, -0.15) is 0 Å². The number of nitrogens with zero attached hydrogens (tertiary/aromatic N) is 1. The number of benzene rings is 2. The van der Waals surface area contributed by atoms with Gasteiger partial charge in [-0.3, -0.25) is 14.4 Å². The monoisotopic (exact) mass is 481 g/mol. The Hall–Kier alpha value is -3.59. The number of anilines is 1. The molecule has 0 spiro atoms. The number of ether oxygens (including phenoxy) is 3. The standard InChI is InChI=1S/C26H31N3O6/c1-16(30)28-18-6-11-23-21(12-18)26(32)29(2)22-10-9-20(35-24(22)15-34-23)13-25(31)27-14-17-4-7-19(33-3)8-5-17/h4-8,11-12,20,22,24H,9-10,13-15H2,1-3H3,(H,27,31)(H,28,30)/t20-,22+,24+/m0/s1. The Morgan fingerprint density at radius 2 is 1.91 bits per heavy atom. The molecule has 186 valence electrons. The van der Waals surface area contributed by atoms with Crippen LogP contribution >= 0.6 is 0 Å². The minimum atomic E-state index is -0.347. The lowest BCUT2D eigenvalue weighted by atomic mass is 9.94. The summed E-state index contributed by atoms with van der Waals surface area (Å²) in [5.74, 6) is 0.720. The first-order valence-corrected chi connectivity index (χ1v) is 11.7. The SMILES string of the molecule is COc1ccc(CNC(=O)C[C@@H]2CC[C@@H]3[C@@H](COc4ccc(NC(C)=O)cc4C(=O)N3C)O2)cc1. The van der Waals surface area contributed by atoms with Crippen LogP contribution in [-0.2, 0) is 20.9 Å². The van der Waals surface area contributed by atoms with Crippen molar-refractivity contribution in [2.45, 2.75) is 51.0 Å². The van der Waals surface area contributed by atoms with E-state index in [1.165, 1.54) is 6.92 Å². The smallest absolute Gasteiger partial charge is 0.257 e. The molecule has 2 aliphatic heterocycles. The lowest BCUT2D eigenvalue weighted by molar-refractivity contribution is -0.134. The van der Waals surface area contributed by atoms with Crippen LogP contribution in [0.15, 0.2) is 42.5 Å². The molecule has 2 aromatic rings. The number of hydrogen-bond donors (Lipinski definition) is 2. The largest absolute Gasteiger partial charge is 0.497 e. The van der Waals surface area contributed by atoms with Crippen molar-refractivity contribution in [2.24, 2.45) is 0 Å². The molecular formula is C26H31N3O6. The number of likely N-dealkylation sites (N-methyl/N-ethyl adjacent to an activating group) is 1. The van der Waals surface area contributed by atoms with E-state index in [0.717, 1.165) is 11.3 Å². The van der Waals surface area contributed by atoms with Crippen LogP contribution in [-0.4, -0.2) is 61.6 Å². The summed E-state index contributed by atoms with van der Waals surface area (Å²) in [5, 5.41) is 5.64. The maximum atomic E-state index is 13.2. The molecule has 3 atom stereocenters. The molecule has 9 heteroatoms. The van der Waals surface area contributed by atoms with Crippen molar-refractivity contribution in [1.82, 2.24) is 10.2 Å². The first-order valence-electron chi connectivity index (χ1n) is 11.7. The number of nitrogens with one attached hydrogen (secondary N) is 2. The van der Waals surface area contributed by atoms with E-state index in [9.17, 15) is 14.4 Å². The second kappa shape index (κ2) is 10.8. The number of rotatable bonds is 6. The van der Waals surface area contributed by atoms with Gasteiger partial charge in [0, 0.05) is 26.2 Å². The maximum Gasteiger partial charge on any atom is 0.257 e. The second-order valence-electron chi connectivity index (χ2n) is 8.89. The van der Waals surface area contributed by atoms with Crippen molar-refractivity contribution in [3.8, 4) is 11.5 Å². The Morgan fingerprint density at radius 3 is 2.63 bits per heavy atom. The number of carbonyl (C=O) groups is 3. The Balaban J connectivity index is 1.36. The first-order chi connectivity index (χ1) is 16.8. The molecule has 0 unspecified atom stereocenters. The summed E-state index contributed by atoms with van der Waals surface area (Å²) in [6.07, 6.45) is 1.01. The number of hydrogen-bond acceptors (Lipinski definition) is 6. The molecule has 35 heavy (non-hydrogen) atoms. The van der Waals surface area contributed by atoms with Crippen molar-refractivity contribution < 1.29 is 28.6 Å². The molecule has 0 saturated carbocycles. The molecule has 2 N–H and O–H groups in total. The molecule has 2 aromatic carbocycles. The fourth-order valence-electron chi connectivity index (χ4n) is 4.53. The van der Waals surface area contributed by atoms with Crippen LogP contribution in [0.25, 0.3) is 0 Å². The van der Waals surface area contributed by atoms with Crippen LogP contribution in [0.1, 0.15) is 42.1 Å². The molecule has 3 amide bonds. The van der Waals surface area contributed by atoms with Gasteiger partial charge in [0.05, 0.1) is 31.2 Å². The molecule has 4 rings (SSSR count). The maximum absolute atomic E-state index is 13.2. The number of carbonyl (C=O) groups excluding carboxylic acids is 3. The summed E-state index contributed by atoms with van der Waals surface area (Å²) < 4.78 is 17.3. The molecule has 0 aliphatic carbocycles. The molecule has 1 fully saturated rings. The lowest BCUT2D eigenvalue weighted by Gasteiger charge is -2.42. The normalized spacial score (nSPS) is 21.5. The summed E-state index contributed by atoms with van der Waals surface area (Å²) in [5.41, 5.74) is 1.93. The lowest BCUT2D eigenvalue weighted by Crippen LogP contribution is -2.53. The summed E-state index contributed by atoms with van der Waals surface area (Å²) in [6, 6.07) is 12.4. The second-order valence-corrected chi connectivity index (χ2v) is 8.89. The highest BCUT2D eigenvalue weighted by Gasteiger charge is 2.39. The Bertz CT molecular complexity index is 1090. The average Bonchev–Trinajstić information content (AvgIpc) is 2.85. The Labute approximate surface area is 204 Å². The van der Waals surface area contributed by atoms with E-state index in [1.807, 2.05) is 24.3 Å². The van der Waals surface area contributed by atoms with Gasteiger partial charge in [0.2, 0.25) is 11.8 Å². The Morgan fingerprint density at radius 1 is 1.14 bits per heavy atom. The van der Waals surface area contributed by atoms with Crippen molar-refractivity contribution in [2.75, 3.05) is 26.1 Å². The first kappa shape index (κ1) is 24.5. The fraction of sp³-hybridized carbons (Fsp3) is 0.423. The zero-order valence-corrected chi connectivity index (χ0v) is 20.2. The number of amides is 3. The van der Waals surface area contributed by atoms with E-state index in [0.29, 0.717) is 36.4 Å². The predicted molar refractivity (Wildman–Crippen MR) is 129 cm³/mol. The van der Waals surface area contributed by atoms with Crippen LogP contribution in [0.5, 0.6) is 11.5 Å². The van der Waals surface area contributed by atoms with Crippen molar-refractivity contribution in [3.05, 3.63) is 53.6 Å². The van der Waals surface area contributed by atoms with Crippen molar-refractivity contribution in [3.63, 3.8) is 0 Å². The average molecular weight is 482 g/mol. The molecule has 9 nitrogen and oxygen atoms in total. The number of fused-ring (bicyclic) bond motifs is 2. The van der Waals surface area contributed by atoms with Crippen LogP contribution in [0.4, 0.5) is 5.69 Å². The minimum absolute atomic E-state index is 0.0868. The van der Waals surface area contributed by atoms with Gasteiger partial charge in [0.25, 0.3) is 5.91 Å². The molecule has 0 bridgehead atoms. The summed E-state index contributed by atoms with van der Waals surface area (Å²) in [7, 11) is 3.37. The number of methoxy groups -OCH3 is 1. The quantitative estimate of drug-likeness (QED) is 0.657. The summed E-state index contributed by atoms with van der Waals surface area (Å²) in [4.78, 5) is 38.8. The van der Waals surface area contributed by atoms with Gasteiger partial charge < -0.3 is 29.7 Å². The van der Waals surface area contributed by atoms with E-state index in [-0.39, 0.29) is 49.0 Å². The molecule has 0 aromatic heterocycles. The van der Waals surface area contributed by atoms with Crippen LogP contribution in [0, 0.1) is 0 Å². The molecule has 2 aliphatic rings. The van der Waals surface area contributed by atoms with Gasteiger partial charge in [-0.1, -0.05) is 12.1 Å². The zero-order valence-electron chi connectivity index (χ0n) is 20.2. The molecule has 1 saturated heterocycles. The van der Waals surface area contributed by atoms with Crippen molar-refractivity contribution in [1.29, 1.82) is 0 Å². The third-order valence-corrected chi connectivity index (χ3v) is 6.39. The van der Waals surface area contributed by atoms with Crippen molar-refractivity contribution >= 4 is 23.4 Å². The van der Waals surface area contributed by atoms with Gasteiger partial charge in [-0.05, 0) is 48.7 Å². The highest BCUT2D eigenvalue weighted by atomic mass is 16.5. The third kappa shape index (κ3) is 5.92. The van der Waals surface area contributed by atoms with E-state index in [4.69, 9.17) is 14.2 Å². The van der Waals surface area contributed by atoms with Gasteiger partial charge in [0.15, 0.2) is 0 Å². The molecular weight excluding hydrogens is 450 g/mol. The van der Waals surface area contributed by atoms with E-state index in [1.54, 1.807) is 37.3 Å². The zero-order chi connectivity index (χ0) is 24.9. The molecule has 2 heterocycles. The third-order valence-electron chi connectivity index (χ3n) is 6.39. The minimum Gasteiger partial charge on any atom is -0.497 e. The van der Waals surface area contributed by atoms with E-state index in [2.05, 4.69) is 10.6 Å². The van der Waals surface area contributed by atoms with Gasteiger partial charge in [-0.25, -0.2) is 0 Å². The van der Waals surface area contributed by atoms with Crippen LogP contribution < -0.4 is 20.1 Å². The summed E-state index contributed by atoms with van der Waals surface area (Å²) in [6.45, 7) is 2.11. The van der Waals surface area contributed by atoms with Gasteiger partial charge in [0.1, 0.15) is 24.2 Å². The highest BCUT2D eigenvalue weighted by molar-refractivity contribution is 5.99. The highest BCUT2D eigenvalue weighted by Crippen LogP contribution is 2.32. The van der Waals surface area contributed by atoms with E-state index >= 15 is 0 Å². The Kier molecular flexibility index (Phi) is 7.55. The fourth-order valence-corrected chi connectivity index (χ4v) is 4.53. The summed E-state index contributed by atoms with van der Waals surface area (Å²) >= 11 is 0. The van der Waals surface area contributed by atoms with Gasteiger partial charge >= 0.3 is 0 Å². The molecule has 0 radical (unpaired) electrons.